The Balaban J connectivity index is 1.60. The highest BCUT2D eigenvalue weighted by atomic mass is 16.5. The molecule has 0 fully saturated rings. The number of benzene rings is 2. The van der Waals surface area contributed by atoms with Crippen LogP contribution in [0.15, 0.2) is 75.2 Å². The minimum absolute atomic E-state index is 0.0184. The maximum atomic E-state index is 13.0. The molecular weight excluding hydrogens is 408 g/mol. The SMILES string of the molecule is COc1cc(C=Nn2cnc3c(oc4nc(-c5ccccc5)cc(C)c43)c2=O)ccc1O. The van der Waals surface area contributed by atoms with Gasteiger partial charge in [-0.25, -0.2) is 9.97 Å². The van der Waals surface area contributed by atoms with E-state index in [1.54, 1.807) is 12.1 Å². The van der Waals surface area contributed by atoms with Gasteiger partial charge in [0, 0.05) is 5.56 Å². The van der Waals surface area contributed by atoms with Gasteiger partial charge in [0.25, 0.3) is 0 Å². The lowest BCUT2D eigenvalue weighted by atomic mass is 10.1. The van der Waals surface area contributed by atoms with E-state index in [0.29, 0.717) is 27.9 Å². The Morgan fingerprint density at radius 2 is 1.97 bits per heavy atom. The molecule has 0 amide bonds. The molecule has 0 bridgehead atoms. The number of aryl methyl sites for hydroxylation is 1. The van der Waals surface area contributed by atoms with Crippen molar-refractivity contribution in [2.24, 2.45) is 5.10 Å². The Labute approximate surface area is 182 Å². The van der Waals surface area contributed by atoms with Crippen LogP contribution < -0.4 is 10.3 Å². The molecule has 3 heterocycles. The lowest BCUT2D eigenvalue weighted by Gasteiger charge is -2.03. The van der Waals surface area contributed by atoms with E-state index in [1.807, 2.05) is 43.3 Å². The zero-order valence-corrected chi connectivity index (χ0v) is 17.3. The number of ether oxygens (including phenoxy) is 1. The molecular formula is C24H18N4O4. The molecule has 0 radical (unpaired) electrons. The molecule has 3 aromatic heterocycles. The van der Waals surface area contributed by atoms with E-state index in [2.05, 4.69) is 15.1 Å². The predicted molar refractivity (Wildman–Crippen MR) is 121 cm³/mol. The number of hydrogen-bond acceptors (Lipinski definition) is 7. The minimum atomic E-state index is -0.448. The van der Waals surface area contributed by atoms with Crippen LogP contribution in [0.3, 0.4) is 0 Å². The number of aromatic nitrogens is 3. The average Bonchev–Trinajstić information content (AvgIpc) is 3.20. The fourth-order valence-corrected chi connectivity index (χ4v) is 3.54. The number of hydrogen-bond donors (Lipinski definition) is 1. The molecule has 5 aromatic rings. The summed E-state index contributed by atoms with van der Waals surface area (Å²) in [5, 5.41) is 14.6. The fraction of sp³-hybridized carbons (Fsp3) is 0.0833. The number of furan rings is 1. The van der Waals surface area contributed by atoms with E-state index in [4.69, 9.17) is 9.15 Å². The van der Waals surface area contributed by atoms with Gasteiger partial charge in [-0.15, -0.1) is 0 Å². The van der Waals surface area contributed by atoms with Gasteiger partial charge in [-0.2, -0.15) is 9.78 Å². The quantitative estimate of drug-likeness (QED) is 0.434. The molecule has 0 unspecified atom stereocenters. The molecule has 0 aliphatic carbocycles. The van der Waals surface area contributed by atoms with Crippen molar-refractivity contribution in [3.05, 3.63) is 82.4 Å². The lowest BCUT2D eigenvalue weighted by Crippen LogP contribution is -2.16. The highest BCUT2D eigenvalue weighted by Gasteiger charge is 2.17. The Morgan fingerprint density at radius 3 is 2.75 bits per heavy atom. The summed E-state index contributed by atoms with van der Waals surface area (Å²) in [5.74, 6) is 0.327. The van der Waals surface area contributed by atoms with Crippen molar-refractivity contribution < 1.29 is 14.3 Å². The highest BCUT2D eigenvalue weighted by molar-refractivity contribution is 6.03. The van der Waals surface area contributed by atoms with Crippen LogP contribution in [-0.2, 0) is 0 Å². The molecule has 2 aromatic carbocycles. The summed E-state index contributed by atoms with van der Waals surface area (Å²) in [7, 11) is 1.46. The fourth-order valence-electron chi connectivity index (χ4n) is 3.54. The molecule has 158 valence electrons. The molecule has 32 heavy (non-hydrogen) atoms. The van der Waals surface area contributed by atoms with Crippen LogP contribution in [0.1, 0.15) is 11.1 Å². The summed E-state index contributed by atoms with van der Waals surface area (Å²) in [5.41, 5.74) is 3.71. The maximum Gasteiger partial charge on any atom is 0.317 e. The number of phenolic OH excluding ortho intramolecular Hbond substituents is 1. The predicted octanol–water partition coefficient (Wildman–Crippen LogP) is 4.11. The zero-order chi connectivity index (χ0) is 22.2. The third kappa shape index (κ3) is 3.27. The summed E-state index contributed by atoms with van der Waals surface area (Å²) in [6.45, 7) is 1.94. The van der Waals surface area contributed by atoms with Gasteiger partial charge in [0.1, 0.15) is 11.8 Å². The number of fused-ring (bicyclic) bond motifs is 3. The van der Waals surface area contributed by atoms with Gasteiger partial charge in [-0.3, -0.25) is 4.79 Å². The van der Waals surface area contributed by atoms with Crippen LogP contribution in [0.5, 0.6) is 11.5 Å². The number of nitrogens with zero attached hydrogens (tertiary/aromatic N) is 4. The molecule has 5 rings (SSSR count). The first-order valence-corrected chi connectivity index (χ1v) is 9.83. The largest absolute Gasteiger partial charge is 0.504 e. The van der Waals surface area contributed by atoms with Crippen LogP contribution in [-0.4, -0.2) is 33.1 Å². The van der Waals surface area contributed by atoms with Crippen molar-refractivity contribution >= 4 is 28.4 Å². The van der Waals surface area contributed by atoms with E-state index >= 15 is 0 Å². The second kappa shape index (κ2) is 7.66. The Bertz CT molecular complexity index is 1550. The van der Waals surface area contributed by atoms with Crippen LogP contribution in [0.25, 0.3) is 33.5 Å². The first-order valence-electron chi connectivity index (χ1n) is 9.83. The Morgan fingerprint density at radius 1 is 1.16 bits per heavy atom. The number of pyridine rings is 1. The monoisotopic (exact) mass is 426 g/mol. The van der Waals surface area contributed by atoms with Gasteiger partial charge in [-0.05, 0) is 42.3 Å². The summed E-state index contributed by atoms with van der Waals surface area (Å²) in [6.07, 6.45) is 2.81. The van der Waals surface area contributed by atoms with Crippen molar-refractivity contribution in [3.63, 3.8) is 0 Å². The second-order valence-electron chi connectivity index (χ2n) is 7.22. The summed E-state index contributed by atoms with van der Waals surface area (Å²) in [4.78, 5) is 22.0. The molecule has 0 spiro atoms. The summed E-state index contributed by atoms with van der Waals surface area (Å²) in [6, 6.07) is 16.5. The third-order valence-electron chi connectivity index (χ3n) is 5.14. The van der Waals surface area contributed by atoms with Crippen molar-refractivity contribution in [2.75, 3.05) is 7.11 Å². The van der Waals surface area contributed by atoms with Crippen LogP contribution in [0.4, 0.5) is 0 Å². The number of aromatic hydroxyl groups is 1. The van der Waals surface area contributed by atoms with Gasteiger partial charge >= 0.3 is 5.56 Å². The first-order chi connectivity index (χ1) is 15.5. The number of phenols is 1. The molecule has 0 atom stereocenters. The van der Waals surface area contributed by atoms with Gasteiger partial charge in [0.05, 0.1) is 24.4 Å². The van der Waals surface area contributed by atoms with Crippen molar-refractivity contribution in [3.8, 4) is 22.8 Å². The van der Waals surface area contributed by atoms with Gasteiger partial charge in [0.2, 0.25) is 11.3 Å². The van der Waals surface area contributed by atoms with E-state index in [9.17, 15) is 9.90 Å². The smallest absolute Gasteiger partial charge is 0.317 e. The number of methoxy groups -OCH3 is 1. The molecule has 8 nitrogen and oxygen atoms in total. The van der Waals surface area contributed by atoms with E-state index in [-0.39, 0.29) is 11.3 Å². The average molecular weight is 426 g/mol. The molecule has 1 N–H and O–H groups in total. The molecule has 0 aliphatic rings. The second-order valence-corrected chi connectivity index (χ2v) is 7.22. The van der Waals surface area contributed by atoms with Crippen LogP contribution in [0.2, 0.25) is 0 Å². The Kier molecular flexibility index (Phi) is 4.67. The number of rotatable bonds is 4. The third-order valence-corrected chi connectivity index (χ3v) is 5.14. The summed E-state index contributed by atoms with van der Waals surface area (Å²) >= 11 is 0. The van der Waals surface area contributed by atoms with E-state index < -0.39 is 5.56 Å². The van der Waals surface area contributed by atoms with Gasteiger partial charge in [0.15, 0.2) is 11.5 Å². The maximum absolute atomic E-state index is 13.0. The molecule has 0 aliphatic heterocycles. The standard InChI is InChI=1S/C24H18N4O4/c1-14-10-17(16-6-4-3-5-7-16)27-23-20(14)21-22(32-23)24(30)28(13-25-21)26-12-15-8-9-18(29)19(11-15)31-2/h3-13,29H,1-2H3. The van der Waals surface area contributed by atoms with Crippen molar-refractivity contribution in [2.45, 2.75) is 6.92 Å². The van der Waals surface area contributed by atoms with Crippen LogP contribution in [0, 0.1) is 6.92 Å². The first kappa shape index (κ1) is 19.5. The Hall–Kier alpha value is -4.46. The van der Waals surface area contributed by atoms with E-state index in [0.717, 1.165) is 21.5 Å². The van der Waals surface area contributed by atoms with Gasteiger partial charge in [-0.1, -0.05) is 30.3 Å². The highest BCUT2D eigenvalue weighted by Crippen LogP contribution is 2.30. The summed E-state index contributed by atoms with van der Waals surface area (Å²) < 4.78 is 12.0. The van der Waals surface area contributed by atoms with Crippen LogP contribution >= 0.6 is 0 Å². The van der Waals surface area contributed by atoms with Crippen molar-refractivity contribution in [1.82, 2.24) is 14.6 Å². The van der Waals surface area contributed by atoms with E-state index in [1.165, 1.54) is 25.7 Å². The topological polar surface area (TPSA) is 103 Å². The molecule has 0 saturated carbocycles. The normalized spacial score (nSPS) is 11.6. The minimum Gasteiger partial charge on any atom is -0.504 e. The molecule has 0 saturated heterocycles. The van der Waals surface area contributed by atoms with Crippen molar-refractivity contribution in [1.29, 1.82) is 0 Å². The molecule has 8 heteroatoms. The van der Waals surface area contributed by atoms with Gasteiger partial charge < -0.3 is 14.3 Å². The zero-order valence-electron chi connectivity index (χ0n) is 17.3. The lowest BCUT2D eigenvalue weighted by molar-refractivity contribution is 0.373.